The fraction of sp³-hybridized carbons (Fsp3) is 0.591. The quantitative estimate of drug-likeness (QED) is 0.555. The van der Waals surface area contributed by atoms with E-state index in [-0.39, 0.29) is 25.2 Å². The Morgan fingerprint density at radius 2 is 1.48 bits per heavy atom. The zero-order valence-electron chi connectivity index (χ0n) is 17.1. The van der Waals surface area contributed by atoms with Crippen LogP contribution < -0.4 is 0 Å². The van der Waals surface area contributed by atoms with E-state index in [9.17, 15) is 14.4 Å². The Kier molecular flexibility index (Phi) is 4.59. The molecule has 3 aliphatic rings. The van der Waals surface area contributed by atoms with Crippen LogP contribution in [0.3, 0.4) is 0 Å². The molecule has 3 fully saturated rings. The number of carbonyl (C=O) groups excluding carboxylic acids is 3. The largest absolute Gasteiger partial charge is 0.422 e. The molecular weight excluding hydrogens is 376 g/mol. The van der Waals surface area contributed by atoms with Gasteiger partial charge in [0.25, 0.3) is 5.79 Å². The molecule has 7 nitrogen and oxygen atoms in total. The van der Waals surface area contributed by atoms with E-state index in [0.29, 0.717) is 0 Å². The van der Waals surface area contributed by atoms with E-state index >= 15 is 0 Å². The maximum Gasteiger partial charge on any atom is 0.327 e. The summed E-state index contributed by atoms with van der Waals surface area (Å²) in [6.07, 6.45) is -0.526. The number of ether oxygens (including phenoxy) is 4. The number of hydrogen-bond acceptors (Lipinski definition) is 7. The topological polar surface area (TPSA) is 88.1 Å². The van der Waals surface area contributed by atoms with Crippen molar-refractivity contribution in [1.29, 1.82) is 0 Å². The molecule has 0 aromatic heterocycles. The molecule has 0 amide bonds. The second-order valence-corrected chi connectivity index (χ2v) is 8.93. The first-order valence-corrected chi connectivity index (χ1v) is 9.90. The van der Waals surface area contributed by atoms with Gasteiger partial charge >= 0.3 is 11.9 Å². The van der Waals surface area contributed by atoms with Crippen molar-refractivity contribution in [2.75, 3.05) is 6.61 Å². The molecule has 29 heavy (non-hydrogen) atoms. The third-order valence-electron chi connectivity index (χ3n) is 6.05. The lowest BCUT2D eigenvalue weighted by Gasteiger charge is -2.50. The highest BCUT2D eigenvalue weighted by atomic mass is 16.8. The summed E-state index contributed by atoms with van der Waals surface area (Å²) in [6.45, 7) is 6.75. The van der Waals surface area contributed by atoms with E-state index in [0.717, 1.165) is 5.56 Å². The number of cyclic esters (lactones) is 2. The summed E-state index contributed by atoms with van der Waals surface area (Å²) in [4.78, 5) is 39.7. The number of ketones is 1. The maximum atomic E-state index is 13.5. The van der Waals surface area contributed by atoms with Crippen molar-refractivity contribution in [2.45, 2.75) is 64.1 Å². The standard InChI is InChI=1S/C22H26O7/c1-20(2)26-12-17(27-20)16-11-14(23)10-15(13-8-6-5-7-9-13)22(16)18(24)28-21(3,4)29-19(22)25/h5-9,15-17H,10-12H2,1-4H3/t15-,16-,17-/m0/s1. The first-order valence-electron chi connectivity index (χ1n) is 9.90. The molecule has 2 heterocycles. The van der Waals surface area contributed by atoms with Crippen LogP contribution in [0.2, 0.25) is 0 Å². The fourth-order valence-electron chi connectivity index (χ4n) is 4.85. The molecule has 0 radical (unpaired) electrons. The second-order valence-electron chi connectivity index (χ2n) is 8.93. The van der Waals surface area contributed by atoms with E-state index in [1.54, 1.807) is 13.8 Å². The lowest BCUT2D eigenvalue weighted by atomic mass is 9.56. The monoisotopic (exact) mass is 402 g/mol. The first kappa shape index (κ1) is 20.0. The average molecular weight is 402 g/mol. The van der Waals surface area contributed by atoms with Gasteiger partial charge in [-0.1, -0.05) is 30.3 Å². The Balaban J connectivity index is 1.86. The van der Waals surface area contributed by atoms with Crippen molar-refractivity contribution in [3.05, 3.63) is 35.9 Å². The molecule has 1 saturated carbocycles. The summed E-state index contributed by atoms with van der Waals surface area (Å²) < 4.78 is 22.9. The van der Waals surface area contributed by atoms with Gasteiger partial charge < -0.3 is 18.9 Å². The van der Waals surface area contributed by atoms with Gasteiger partial charge in [-0.3, -0.25) is 14.4 Å². The zero-order valence-corrected chi connectivity index (χ0v) is 17.1. The second kappa shape index (κ2) is 6.64. The van der Waals surface area contributed by atoms with E-state index < -0.39 is 46.9 Å². The molecule has 7 heteroatoms. The van der Waals surface area contributed by atoms with Crippen LogP contribution in [-0.4, -0.2) is 42.0 Å². The fourth-order valence-corrected chi connectivity index (χ4v) is 4.85. The summed E-state index contributed by atoms with van der Waals surface area (Å²) in [7, 11) is 0. The van der Waals surface area contributed by atoms with Crippen molar-refractivity contribution in [3.63, 3.8) is 0 Å². The molecule has 1 spiro atoms. The molecule has 4 rings (SSSR count). The summed E-state index contributed by atoms with van der Waals surface area (Å²) >= 11 is 0. The van der Waals surface area contributed by atoms with Crippen LogP contribution in [0.25, 0.3) is 0 Å². The third kappa shape index (κ3) is 3.26. The predicted molar refractivity (Wildman–Crippen MR) is 101 cm³/mol. The minimum atomic E-state index is -1.67. The Labute approximate surface area is 169 Å². The number of hydrogen-bond donors (Lipinski definition) is 0. The highest BCUT2D eigenvalue weighted by Crippen LogP contribution is 2.56. The SMILES string of the molecule is CC1(C)OC(=O)C2(C(=O)O1)[C@H](c1ccccc1)CC(=O)C[C@H]2[C@@H]1COC(C)(C)O1. The van der Waals surface area contributed by atoms with Crippen LogP contribution in [0.1, 0.15) is 52.0 Å². The van der Waals surface area contributed by atoms with Gasteiger partial charge in [0.05, 0.1) is 12.7 Å². The van der Waals surface area contributed by atoms with Crippen molar-refractivity contribution >= 4 is 17.7 Å². The lowest BCUT2D eigenvalue weighted by Crippen LogP contribution is -2.64. The van der Waals surface area contributed by atoms with E-state index in [1.165, 1.54) is 13.8 Å². The number of Topliss-reactive ketones (excluding diaryl/α,β-unsaturated/α-hetero) is 1. The van der Waals surface area contributed by atoms with E-state index in [2.05, 4.69) is 0 Å². The number of carbonyl (C=O) groups is 3. The Morgan fingerprint density at radius 1 is 0.862 bits per heavy atom. The van der Waals surface area contributed by atoms with Gasteiger partial charge in [-0.15, -0.1) is 0 Å². The van der Waals surface area contributed by atoms with Crippen LogP contribution in [0, 0.1) is 11.3 Å². The van der Waals surface area contributed by atoms with E-state index in [4.69, 9.17) is 18.9 Å². The smallest absolute Gasteiger partial charge is 0.327 e. The van der Waals surface area contributed by atoms with Crippen LogP contribution in [0.5, 0.6) is 0 Å². The molecule has 2 aliphatic heterocycles. The molecule has 3 atom stereocenters. The average Bonchev–Trinajstić information content (AvgIpc) is 2.99. The molecule has 0 unspecified atom stereocenters. The van der Waals surface area contributed by atoms with Gasteiger partial charge in [-0.2, -0.15) is 0 Å². The van der Waals surface area contributed by atoms with Gasteiger partial charge in [-0.25, -0.2) is 0 Å². The van der Waals surface area contributed by atoms with Crippen molar-refractivity contribution in [3.8, 4) is 0 Å². The molecule has 1 aromatic carbocycles. The zero-order chi connectivity index (χ0) is 21.0. The predicted octanol–water partition coefficient (Wildman–Crippen LogP) is 2.72. The van der Waals surface area contributed by atoms with Crippen molar-refractivity contribution in [1.82, 2.24) is 0 Å². The Bertz CT molecular complexity index is 822. The molecule has 1 aromatic rings. The van der Waals surface area contributed by atoms with Crippen molar-refractivity contribution < 1.29 is 33.3 Å². The molecule has 1 aliphatic carbocycles. The minimum absolute atomic E-state index is 0.0259. The molecule has 156 valence electrons. The summed E-state index contributed by atoms with van der Waals surface area (Å²) in [5, 5.41) is 0. The first-order chi connectivity index (χ1) is 13.6. The number of benzene rings is 1. The highest BCUT2D eigenvalue weighted by Gasteiger charge is 2.69. The lowest BCUT2D eigenvalue weighted by molar-refractivity contribution is -0.263. The van der Waals surface area contributed by atoms with Gasteiger partial charge in [-0.05, 0) is 19.4 Å². The molecule has 0 N–H and O–H groups in total. The normalized spacial score (nSPS) is 32.7. The Hall–Kier alpha value is -2.25. The molecule has 0 bridgehead atoms. The third-order valence-corrected chi connectivity index (χ3v) is 6.05. The summed E-state index contributed by atoms with van der Waals surface area (Å²) in [6, 6.07) is 9.11. The molecule has 2 saturated heterocycles. The number of esters is 2. The van der Waals surface area contributed by atoms with Crippen molar-refractivity contribution in [2.24, 2.45) is 11.3 Å². The van der Waals surface area contributed by atoms with Crippen LogP contribution in [0.4, 0.5) is 0 Å². The molecular formula is C22H26O7. The van der Waals surface area contributed by atoms with Gasteiger partial charge in [0.2, 0.25) is 0 Å². The summed E-state index contributed by atoms with van der Waals surface area (Å²) in [5.41, 5.74) is -0.948. The number of rotatable bonds is 2. The van der Waals surface area contributed by atoms with Gasteiger partial charge in [0.1, 0.15) is 5.78 Å². The summed E-state index contributed by atoms with van der Waals surface area (Å²) in [5.74, 6) is -5.04. The van der Waals surface area contributed by atoms with E-state index in [1.807, 2.05) is 30.3 Å². The van der Waals surface area contributed by atoms with Crippen LogP contribution in [-0.2, 0) is 33.3 Å². The Morgan fingerprint density at radius 3 is 2.03 bits per heavy atom. The van der Waals surface area contributed by atoms with Gasteiger partial charge in [0.15, 0.2) is 11.2 Å². The van der Waals surface area contributed by atoms with Crippen LogP contribution in [0.15, 0.2) is 30.3 Å². The minimum Gasteiger partial charge on any atom is -0.422 e. The van der Waals surface area contributed by atoms with Gasteiger partial charge in [0, 0.05) is 38.5 Å². The maximum absolute atomic E-state index is 13.5. The van der Waals surface area contributed by atoms with Crippen LogP contribution >= 0.6 is 0 Å². The highest BCUT2D eigenvalue weighted by molar-refractivity contribution is 6.05.